The number of aromatic nitrogens is 4. The highest BCUT2D eigenvalue weighted by Gasteiger charge is 2.22. The van der Waals surface area contributed by atoms with Gasteiger partial charge >= 0.3 is 0 Å². The number of nitrogens with zero attached hydrogens (tertiary/aromatic N) is 4. The number of nitrogens with one attached hydrogen (secondary N) is 1. The minimum Gasteiger partial charge on any atom is -0.484 e. The molecule has 1 fully saturated rings. The summed E-state index contributed by atoms with van der Waals surface area (Å²) < 4.78 is 20.9. The highest BCUT2D eigenvalue weighted by molar-refractivity contribution is 6.36. The number of hydrogen-bond donors (Lipinski definition) is 1. The minimum atomic E-state index is -0.494. The Morgan fingerprint density at radius 1 is 1.09 bits per heavy atom. The smallest absolute Gasteiger partial charge is 0.166 e. The molecule has 0 spiro atoms. The maximum Gasteiger partial charge on any atom is 0.166 e. The van der Waals surface area contributed by atoms with Crippen molar-refractivity contribution in [3.63, 3.8) is 0 Å². The van der Waals surface area contributed by atoms with Crippen LogP contribution < -0.4 is 9.64 Å². The zero-order chi connectivity index (χ0) is 23.3. The van der Waals surface area contributed by atoms with Gasteiger partial charge in [0.25, 0.3) is 0 Å². The van der Waals surface area contributed by atoms with E-state index in [1.165, 1.54) is 6.07 Å². The van der Waals surface area contributed by atoms with Crippen molar-refractivity contribution < 1.29 is 9.13 Å². The lowest BCUT2D eigenvalue weighted by Crippen LogP contribution is -2.38. The summed E-state index contributed by atoms with van der Waals surface area (Å²) in [4.78, 5) is 10.4. The van der Waals surface area contributed by atoms with Crippen LogP contribution in [0.25, 0.3) is 22.2 Å². The normalized spacial score (nSPS) is 14.4. The van der Waals surface area contributed by atoms with E-state index in [0.717, 1.165) is 24.9 Å². The molecule has 0 bridgehead atoms. The third-order valence-electron chi connectivity index (χ3n) is 5.76. The molecule has 33 heavy (non-hydrogen) atoms. The minimum absolute atomic E-state index is 0.368. The number of aromatic amines is 1. The Bertz CT molecular complexity index is 1370. The summed E-state index contributed by atoms with van der Waals surface area (Å²) in [7, 11) is 0. The quantitative estimate of drug-likeness (QED) is 0.323. The molecule has 3 aromatic heterocycles. The molecule has 1 aliphatic rings. The second kappa shape index (κ2) is 8.63. The third kappa shape index (κ3) is 3.98. The first kappa shape index (κ1) is 22.2. The van der Waals surface area contributed by atoms with E-state index in [1.54, 1.807) is 31.5 Å². The van der Waals surface area contributed by atoms with Gasteiger partial charge in [0.15, 0.2) is 11.6 Å². The van der Waals surface area contributed by atoms with E-state index in [0.29, 0.717) is 54.7 Å². The van der Waals surface area contributed by atoms with E-state index >= 15 is 0 Å². The monoisotopic (exact) mass is 505 g/mol. The fourth-order valence-corrected chi connectivity index (χ4v) is 4.71. The molecule has 4 aromatic rings. The first-order valence-corrected chi connectivity index (χ1v) is 11.5. The molecule has 5 rings (SSSR count). The molecule has 4 heterocycles. The first-order chi connectivity index (χ1) is 15.8. The van der Waals surface area contributed by atoms with E-state index in [4.69, 9.17) is 39.5 Å². The van der Waals surface area contributed by atoms with Gasteiger partial charge in [0.2, 0.25) is 0 Å². The van der Waals surface area contributed by atoms with Crippen molar-refractivity contribution in [1.29, 1.82) is 0 Å². The molecule has 0 radical (unpaired) electrons. The van der Waals surface area contributed by atoms with Gasteiger partial charge in [-0.1, -0.05) is 34.8 Å². The summed E-state index contributed by atoms with van der Waals surface area (Å²) in [6.45, 7) is 5.26. The van der Waals surface area contributed by atoms with Crippen LogP contribution >= 0.6 is 34.8 Å². The number of pyridine rings is 2. The number of anilines is 1. The Labute approximate surface area is 204 Å². The average molecular weight is 507 g/mol. The molecule has 1 N–H and O–H groups in total. The van der Waals surface area contributed by atoms with Gasteiger partial charge in [-0.05, 0) is 38.5 Å². The molecule has 1 atom stereocenters. The molecule has 170 valence electrons. The largest absolute Gasteiger partial charge is 0.484 e. The van der Waals surface area contributed by atoms with Gasteiger partial charge in [0.05, 0.1) is 26.3 Å². The van der Waals surface area contributed by atoms with Gasteiger partial charge < -0.3 is 9.64 Å². The zero-order valence-electron chi connectivity index (χ0n) is 17.8. The van der Waals surface area contributed by atoms with Crippen LogP contribution in [0.5, 0.6) is 5.75 Å². The van der Waals surface area contributed by atoms with E-state index in [9.17, 15) is 4.39 Å². The van der Waals surface area contributed by atoms with Gasteiger partial charge in [0, 0.05) is 42.0 Å². The Balaban J connectivity index is 1.51. The molecule has 10 heteroatoms. The molecular weight excluding hydrogens is 488 g/mol. The van der Waals surface area contributed by atoms with Crippen LogP contribution in [0.1, 0.15) is 30.7 Å². The molecule has 0 amide bonds. The number of aryl methyl sites for hydroxylation is 1. The highest BCUT2D eigenvalue weighted by Crippen LogP contribution is 2.39. The van der Waals surface area contributed by atoms with Crippen LogP contribution in [-0.2, 0) is 0 Å². The molecule has 0 unspecified atom stereocenters. The highest BCUT2D eigenvalue weighted by atomic mass is 35.5. The molecule has 1 aliphatic heterocycles. The number of benzene rings is 1. The van der Waals surface area contributed by atoms with Crippen molar-refractivity contribution in [2.75, 3.05) is 18.0 Å². The van der Waals surface area contributed by atoms with Crippen LogP contribution in [0.2, 0.25) is 15.1 Å². The summed E-state index contributed by atoms with van der Waals surface area (Å²) in [5.41, 5.74) is 3.08. The van der Waals surface area contributed by atoms with Crippen LogP contribution in [0, 0.1) is 12.7 Å². The van der Waals surface area contributed by atoms with Crippen LogP contribution in [0.3, 0.4) is 0 Å². The van der Waals surface area contributed by atoms with Gasteiger partial charge in [-0.15, -0.1) is 0 Å². The van der Waals surface area contributed by atoms with Gasteiger partial charge in [0.1, 0.15) is 17.5 Å². The van der Waals surface area contributed by atoms with Crippen LogP contribution in [0.15, 0.2) is 30.6 Å². The van der Waals surface area contributed by atoms with Gasteiger partial charge in [-0.25, -0.2) is 9.37 Å². The number of H-pyrrole nitrogens is 1. The third-order valence-corrected chi connectivity index (χ3v) is 6.83. The number of ether oxygens (including phenoxy) is 1. The van der Waals surface area contributed by atoms with Crippen molar-refractivity contribution in [1.82, 2.24) is 20.2 Å². The van der Waals surface area contributed by atoms with Crippen LogP contribution in [0.4, 0.5) is 10.2 Å². The predicted molar refractivity (Wildman–Crippen MR) is 129 cm³/mol. The number of hydrogen-bond acceptors (Lipinski definition) is 5. The second-order valence-electron chi connectivity index (χ2n) is 7.95. The number of fused-ring (bicyclic) bond motifs is 1. The predicted octanol–water partition coefficient (Wildman–Crippen LogP) is 6.78. The Morgan fingerprint density at radius 2 is 1.88 bits per heavy atom. The summed E-state index contributed by atoms with van der Waals surface area (Å²) in [6, 6.07) is 4.94. The fraction of sp³-hybridized carbons (Fsp3) is 0.261. The van der Waals surface area contributed by atoms with Crippen molar-refractivity contribution in [3.8, 4) is 17.0 Å². The van der Waals surface area contributed by atoms with E-state index in [2.05, 4.69) is 20.2 Å². The molecule has 1 aromatic carbocycles. The molecule has 0 aliphatic carbocycles. The lowest BCUT2D eigenvalue weighted by atomic mass is 10.1. The Hall–Kier alpha value is -2.61. The van der Waals surface area contributed by atoms with Crippen LogP contribution in [-0.4, -0.2) is 33.3 Å². The lowest BCUT2D eigenvalue weighted by Gasteiger charge is -2.32. The maximum atomic E-state index is 14.7. The van der Waals surface area contributed by atoms with E-state index in [-0.39, 0.29) is 5.82 Å². The maximum absolute atomic E-state index is 14.7. The molecule has 0 saturated carbocycles. The van der Waals surface area contributed by atoms with Crippen molar-refractivity contribution in [2.45, 2.75) is 26.4 Å². The Kier molecular flexibility index (Phi) is 5.80. The van der Waals surface area contributed by atoms with Crippen molar-refractivity contribution >= 4 is 51.5 Å². The first-order valence-electron chi connectivity index (χ1n) is 10.4. The molecule has 1 saturated heterocycles. The summed E-state index contributed by atoms with van der Waals surface area (Å²) in [6.07, 6.45) is 3.72. The summed E-state index contributed by atoms with van der Waals surface area (Å²) >= 11 is 19.2. The van der Waals surface area contributed by atoms with Crippen molar-refractivity contribution in [2.24, 2.45) is 0 Å². The van der Waals surface area contributed by atoms with Gasteiger partial charge in [-0.3, -0.25) is 10.1 Å². The molecule has 6 nitrogen and oxygen atoms in total. The van der Waals surface area contributed by atoms with E-state index < -0.39 is 6.10 Å². The average Bonchev–Trinajstić information content (AvgIpc) is 3.14. The Morgan fingerprint density at radius 3 is 2.58 bits per heavy atom. The van der Waals surface area contributed by atoms with E-state index in [1.807, 2.05) is 11.8 Å². The topological polar surface area (TPSA) is 66.9 Å². The lowest BCUT2D eigenvalue weighted by molar-refractivity contribution is 0.227. The number of rotatable bonds is 5. The summed E-state index contributed by atoms with van der Waals surface area (Å²) in [5, 5.41) is 9.27. The van der Waals surface area contributed by atoms with Gasteiger partial charge in [-0.2, -0.15) is 5.10 Å². The molecular formula is C23H19Cl3FN5O. The zero-order valence-corrected chi connectivity index (χ0v) is 20.1. The SMILES string of the molecule is Cc1ncc(Cl)c([C@@H](C)Oc2cc3c(-c4cnc(N5CCC5)c(F)c4)n[nH]c3cc2Cl)c1Cl. The fourth-order valence-electron chi connectivity index (χ4n) is 3.85. The summed E-state index contributed by atoms with van der Waals surface area (Å²) in [5.74, 6) is 0.415. The standard InChI is InChI=1S/C23H19Cl3FN5O/c1-11-21(26)20(16(25)10-28-11)12(2)33-19-7-14-18(8-15(19)24)30-31-22(14)13-6-17(27)23(29-9-13)32-4-3-5-32/h6-10,12H,3-5H2,1-2H3,(H,30,31)/t12-/m1/s1. The second-order valence-corrected chi connectivity index (χ2v) is 9.14. The number of halogens is 4. The van der Waals surface area contributed by atoms with Crippen molar-refractivity contribution in [3.05, 3.63) is 62.7 Å².